The second kappa shape index (κ2) is 28.4. The van der Waals surface area contributed by atoms with Gasteiger partial charge >= 0.3 is 32.3 Å². The number of hydrogen-bond donors (Lipinski definition) is 2. The monoisotopic (exact) mass is 1390 g/mol. The lowest BCUT2D eigenvalue weighted by molar-refractivity contribution is -0.199. The lowest BCUT2D eigenvalue weighted by Gasteiger charge is -2.64. The van der Waals surface area contributed by atoms with Crippen LogP contribution in [0.2, 0.25) is 0 Å². The Hall–Kier alpha value is -6.72. The third-order valence-corrected chi connectivity index (χ3v) is 25.5. The maximum atomic E-state index is 13.7. The van der Waals surface area contributed by atoms with Crippen LogP contribution >= 0.6 is 0 Å². The molecule has 101 heavy (non-hydrogen) atoms. The normalized spacial score (nSPS) is 30.5. The van der Waals surface area contributed by atoms with Crippen molar-refractivity contribution >= 4 is 66.5 Å². The maximum absolute atomic E-state index is 13.7. The number of amides is 4. The molecular weight excluding hydrogens is 1280 g/mol. The number of carbonyl (C=O) groups is 5. The van der Waals surface area contributed by atoms with Gasteiger partial charge in [0.05, 0.1) is 66.4 Å². The summed E-state index contributed by atoms with van der Waals surface area (Å²) < 4.78 is 50.1. The lowest BCUT2D eigenvalue weighted by atomic mass is 9.43. The minimum absolute atomic E-state index is 0.0129. The van der Waals surface area contributed by atoms with E-state index in [1.165, 1.54) is 6.42 Å². The third-order valence-electron chi connectivity index (χ3n) is 25.5. The van der Waals surface area contributed by atoms with E-state index in [0.717, 1.165) is 104 Å². The van der Waals surface area contributed by atoms with Gasteiger partial charge in [0, 0.05) is 42.5 Å². The SMILES string of the molecule is CC1(C)CCN(C(C)(C)C=C(C#N)C(=O)N2CCC[C@H](OC(=O)N[C@@H](Cc3coc4ccccc34)B3O[C@@H]4C[C@@H]5C[C@@H](C5(C)C)[C@]4(C)O3)C2)C1.CC1(C)CCN(C(C)(C)C=O)C1.[C-]#[N+]CC(=O)N1CCC[C@H](OC(=O)N[C@@H](Cc2coc3ccccc23)B2O[C@@H]3C[C@@H]4C[C@@H](C4(C)C)[C@]3(C)O2)C1. The molecule has 12 atom stereocenters. The van der Waals surface area contributed by atoms with Gasteiger partial charge in [0.15, 0.2) is 0 Å². The number of alkyl carbamates (subject to hydrolysis) is 2. The molecule has 6 aliphatic heterocycles. The number of piperidine rings is 2. The average molecular weight is 1390 g/mol. The van der Waals surface area contributed by atoms with E-state index in [4.69, 9.17) is 43.5 Å². The number of nitrogens with one attached hydrogen (secondary N) is 2. The zero-order valence-corrected chi connectivity index (χ0v) is 62.2. The van der Waals surface area contributed by atoms with Crippen molar-refractivity contribution in [2.75, 3.05) is 58.9 Å². The quantitative estimate of drug-likeness (QED) is 0.0349. The van der Waals surface area contributed by atoms with Crippen LogP contribution in [0.3, 0.4) is 0 Å². The number of nitrogens with zero attached hydrogens (tertiary/aromatic N) is 6. The molecule has 0 spiro atoms. The number of hydrogen-bond acceptors (Lipinski definition) is 16. The summed E-state index contributed by atoms with van der Waals surface area (Å²) >= 11 is 0. The van der Waals surface area contributed by atoms with Gasteiger partial charge in [-0.3, -0.25) is 19.4 Å². The molecule has 4 amide bonds. The predicted octanol–water partition coefficient (Wildman–Crippen LogP) is 12.2. The van der Waals surface area contributed by atoms with Crippen LogP contribution in [-0.2, 0) is 55.3 Å². The summed E-state index contributed by atoms with van der Waals surface area (Å²) in [5, 5.41) is 18.2. The fraction of sp³-hybridized carbons (Fsp3) is 0.679. The zero-order valence-electron chi connectivity index (χ0n) is 62.2. The van der Waals surface area contributed by atoms with Crippen molar-refractivity contribution in [3.8, 4) is 6.07 Å². The summed E-state index contributed by atoms with van der Waals surface area (Å²) in [6, 6.07) is 17.9. The van der Waals surface area contributed by atoms with E-state index in [1.807, 2.05) is 68.5 Å². The number of ether oxygens (including phenoxy) is 2. The molecule has 4 bridgehead atoms. The number of fused-ring (bicyclic) bond motifs is 2. The standard InChI is InChI=1S/C39H53BN4O6.C29H36BN3O6.C10H19NO/c1-36(2)14-16-44(24-36)37(3,4)20-26(21-41)34(45)43-15-10-11-28(22-43)48-35(46)42-33(17-25-23-47-30-13-9-8-12-29(25)30)40-49-32-19-27-18-31(38(27,5)6)39(32,7)50-40;1-28(2)19-13-23(28)29(3)24(14-19)38-30(39-29)25(12-18-17-36-22-10-6-5-9-21(18)22)32-27(35)37-20-8-7-11-33(16-20)26(34)15-31-4;1-9(2)5-6-11(7-9)10(3,4)8-12/h8-9,12-13,20,23,27-28,31-33H,10-11,14-19,22,24H2,1-7H3,(H,42,46);5-6,9-10,17,19-20,23-25H,7-8,11-16H2,1-3H3,(H,32,35);8H,5-7H2,1-4H3/t27-,28-,31-,32+,33-,39-;19-,20-,23-,24+,25-,29-;/m00./s1. The Kier molecular flexibility index (Phi) is 20.8. The molecule has 0 unspecified atom stereocenters. The molecule has 2 aromatic carbocycles. The van der Waals surface area contributed by atoms with Crippen molar-refractivity contribution in [1.29, 1.82) is 5.26 Å². The number of furan rings is 2. The Balaban J connectivity index is 0.000000167. The van der Waals surface area contributed by atoms with E-state index in [2.05, 4.69) is 114 Å². The number of para-hydroxylation sites is 2. The summed E-state index contributed by atoms with van der Waals surface area (Å²) in [5.41, 5.74) is 3.06. The van der Waals surface area contributed by atoms with Gasteiger partial charge in [-0.15, -0.1) is 0 Å². The van der Waals surface area contributed by atoms with Crippen molar-refractivity contribution in [3.63, 3.8) is 0 Å². The highest BCUT2D eigenvalue weighted by molar-refractivity contribution is 6.48. The van der Waals surface area contributed by atoms with Crippen molar-refractivity contribution in [1.82, 2.24) is 30.2 Å². The second-order valence-corrected chi connectivity index (χ2v) is 35.1. The molecule has 8 heterocycles. The van der Waals surface area contributed by atoms with Gasteiger partial charge in [-0.25, -0.2) is 16.2 Å². The fourth-order valence-electron chi connectivity index (χ4n) is 18.8. The smallest absolute Gasteiger partial charge is 0.464 e. The first-order valence-corrected chi connectivity index (χ1v) is 37.2. The van der Waals surface area contributed by atoms with Gasteiger partial charge in [0.25, 0.3) is 12.5 Å². The molecule has 0 radical (unpaired) electrons. The number of aldehydes is 1. The van der Waals surface area contributed by atoms with Gasteiger partial charge in [-0.05, 0) is 206 Å². The van der Waals surface area contributed by atoms with Gasteiger partial charge in [-0.2, -0.15) is 5.26 Å². The second-order valence-electron chi connectivity index (χ2n) is 35.1. The first-order chi connectivity index (χ1) is 47.7. The Labute approximate surface area is 598 Å². The van der Waals surface area contributed by atoms with Crippen LogP contribution in [0.5, 0.6) is 0 Å². The summed E-state index contributed by atoms with van der Waals surface area (Å²) in [6.07, 6.45) is 14.3. The Bertz CT molecular complexity index is 3850. The van der Waals surface area contributed by atoms with Crippen LogP contribution in [0, 0.1) is 63.2 Å². The maximum Gasteiger partial charge on any atom is 0.482 e. The van der Waals surface area contributed by atoms with Gasteiger partial charge in [-0.1, -0.05) is 91.8 Å². The molecule has 6 saturated carbocycles. The highest BCUT2D eigenvalue weighted by atomic mass is 16.7. The topological polar surface area (TPSA) is 232 Å². The van der Waals surface area contributed by atoms with E-state index < -0.39 is 67.3 Å². The first kappa shape index (κ1) is 74.0. The minimum Gasteiger partial charge on any atom is -0.464 e. The van der Waals surface area contributed by atoms with Crippen LogP contribution in [0.4, 0.5) is 9.59 Å². The van der Waals surface area contributed by atoms with E-state index in [-0.39, 0.29) is 64.5 Å². The van der Waals surface area contributed by atoms with Crippen molar-refractivity contribution in [2.45, 2.75) is 233 Å². The van der Waals surface area contributed by atoms with E-state index in [1.54, 1.807) is 22.3 Å². The van der Waals surface area contributed by atoms with Crippen LogP contribution in [-0.4, -0.2) is 182 Å². The molecule has 12 aliphatic rings. The van der Waals surface area contributed by atoms with Gasteiger partial charge < -0.3 is 67.0 Å². The Morgan fingerprint density at radius 1 is 0.663 bits per heavy atom. The van der Waals surface area contributed by atoms with E-state index in [0.29, 0.717) is 80.8 Å². The Morgan fingerprint density at radius 3 is 1.53 bits per heavy atom. The molecule has 2 N–H and O–H groups in total. The minimum atomic E-state index is -0.654. The third kappa shape index (κ3) is 15.2. The van der Waals surface area contributed by atoms with Crippen LogP contribution in [0.25, 0.3) is 26.8 Å². The first-order valence-electron chi connectivity index (χ1n) is 37.2. The van der Waals surface area contributed by atoms with Crippen molar-refractivity contribution in [2.24, 2.45) is 45.3 Å². The number of benzene rings is 2. The number of nitriles is 1. The summed E-state index contributed by atoms with van der Waals surface area (Å²) in [4.78, 5) is 74.6. The summed E-state index contributed by atoms with van der Waals surface area (Å²) in [7, 11) is -1.28. The molecule has 6 saturated heterocycles. The van der Waals surface area contributed by atoms with Crippen LogP contribution < -0.4 is 10.6 Å². The predicted molar refractivity (Wildman–Crippen MR) is 385 cm³/mol. The molecule has 21 nitrogen and oxygen atoms in total. The van der Waals surface area contributed by atoms with Gasteiger partial charge in [0.1, 0.15) is 41.3 Å². The number of rotatable bonds is 16. The van der Waals surface area contributed by atoms with Crippen molar-refractivity contribution < 1.29 is 60.9 Å². The van der Waals surface area contributed by atoms with Crippen molar-refractivity contribution in [3.05, 3.63) is 95.3 Å². The van der Waals surface area contributed by atoms with E-state index >= 15 is 0 Å². The zero-order chi connectivity index (χ0) is 72.4. The molecule has 4 aromatic rings. The Morgan fingerprint density at radius 2 is 1.11 bits per heavy atom. The molecule has 2 aromatic heterocycles. The molecule has 6 aliphatic carbocycles. The van der Waals surface area contributed by atoms with Gasteiger partial charge in [0.2, 0.25) is 0 Å². The number of likely N-dealkylation sites (tertiary alicyclic amines) is 4. The molecule has 544 valence electrons. The lowest BCUT2D eigenvalue weighted by Crippen LogP contribution is -2.65. The molecule has 12 fully saturated rings. The highest BCUT2D eigenvalue weighted by Crippen LogP contribution is 2.67. The summed E-state index contributed by atoms with van der Waals surface area (Å²) in [5.74, 6) is 0.448. The summed E-state index contributed by atoms with van der Waals surface area (Å²) in [6.45, 7) is 43.1. The highest BCUT2D eigenvalue weighted by Gasteiger charge is 2.70. The van der Waals surface area contributed by atoms with E-state index in [9.17, 15) is 29.2 Å². The average Bonchev–Trinajstić information content (AvgIpc) is 1.66. The number of carbonyl (C=O) groups excluding carboxylic acids is 5. The van der Waals surface area contributed by atoms with Crippen LogP contribution in [0.1, 0.15) is 172 Å². The molecular formula is C78H108B2N8O13. The largest absolute Gasteiger partial charge is 0.482 e. The molecule has 23 heteroatoms. The fourth-order valence-corrected chi connectivity index (χ4v) is 18.8. The molecule has 16 rings (SSSR count). The van der Waals surface area contributed by atoms with Crippen LogP contribution in [0.15, 0.2) is 81.5 Å².